The maximum absolute atomic E-state index is 12.6. The van der Waals surface area contributed by atoms with E-state index in [0.29, 0.717) is 5.92 Å². The molecule has 0 unspecified atom stereocenters. The van der Waals surface area contributed by atoms with Gasteiger partial charge in [0.1, 0.15) is 6.54 Å². The number of carbonyl (C=O) groups excluding carboxylic acids is 2. The van der Waals surface area contributed by atoms with E-state index in [9.17, 15) is 9.59 Å². The fourth-order valence-corrected chi connectivity index (χ4v) is 2.87. The molecule has 1 aromatic rings. The summed E-state index contributed by atoms with van der Waals surface area (Å²) in [7, 11) is 1.34. The summed E-state index contributed by atoms with van der Waals surface area (Å²) in [4.78, 5) is 25.6. The van der Waals surface area contributed by atoms with Gasteiger partial charge in [0.2, 0.25) is 5.91 Å². The molecular formula is C16H19NO3. The van der Waals surface area contributed by atoms with E-state index in [4.69, 9.17) is 0 Å². The minimum absolute atomic E-state index is 0.0193. The van der Waals surface area contributed by atoms with E-state index in [1.165, 1.54) is 30.4 Å². The molecule has 2 aliphatic rings. The van der Waals surface area contributed by atoms with Gasteiger partial charge in [0.05, 0.1) is 12.5 Å². The van der Waals surface area contributed by atoms with Crippen LogP contribution in [0.15, 0.2) is 18.2 Å². The van der Waals surface area contributed by atoms with Crippen LogP contribution in [0, 0.1) is 0 Å². The lowest BCUT2D eigenvalue weighted by molar-refractivity contribution is -0.140. The second-order valence-corrected chi connectivity index (χ2v) is 6.14. The van der Waals surface area contributed by atoms with Crippen molar-refractivity contribution < 1.29 is 14.3 Å². The number of nitrogens with zero attached hydrogens (tertiary/aromatic N) is 1. The molecule has 106 valence electrons. The van der Waals surface area contributed by atoms with E-state index >= 15 is 0 Å². The number of rotatable bonds is 3. The highest BCUT2D eigenvalue weighted by atomic mass is 16.5. The molecule has 0 aromatic heterocycles. The van der Waals surface area contributed by atoms with Crippen molar-refractivity contribution in [2.24, 2.45) is 0 Å². The van der Waals surface area contributed by atoms with Gasteiger partial charge in [-0.1, -0.05) is 12.1 Å². The molecule has 1 aliphatic carbocycles. The molecule has 0 radical (unpaired) electrons. The summed E-state index contributed by atoms with van der Waals surface area (Å²) < 4.78 is 4.68. The van der Waals surface area contributed by atoms with Gasteiger partial charge in [0.15, 0.2) is 0 Å². The van der Waals surface area contributed by atoms with Crippen molar-refractivity contribution in [2.75, 3.05) is 18.6 Å². The monoisotopic (exact) mass is 273 g/mol. The first-order valence-corrected chi connectivity index (χ1v) is 6.98. The van der Waals surface area contributed by atoms with E-state index in [2.05, 4.69) is 16.9 Å². The third kappa shape index (κ3) is 1.90. The zero-order valence-electron chi connectivity index (χ0n) is 12.1. The molecular weight excluding hydrogens is 254 g/mol. The number of methoxy groups -OCH3 is 1. The van der Waals surface area contributed by atoms with Gasteiger partial charge < -0.3 is 9.64 Å². The van der Waals surface area contributed by atoms with Crippen molar-refractivity contribution in [3.63, 3.8) is 0 Å². The Hall–Kier alpha value is -1.84. The van der Waals surface area contributed by atoms with Gasteiger partial charge in [-0.2, -0.15) is 0 Å². The van der Waals surface area contributed by atoms with Crippen LogP contribution in [0.3, 0.4) is 0 Å². The summed E-state index contributed by atoms with van der Waals surface area (Å²) in [5, 5.41) is 0. The zero-order valence-corrected chi connectivity index (χ0v) is 12.1. The summed E-state index contributed by atoms with van der Waals surface area (Å²) in [6.07, 6.45) is 2.47. The highest BCUT2D eigenvalue weighted by molar-refractivity contribution is 6.09. The molecule has 0 saturated heterocycles. The van der Waals surface area contributed by atoms with Crippen LogP contribution in [0.1, 0.15) is 43.7 Å². The Balaban J connectivity index is 2.01. The predicted molar refractivity (Wildman–Crippen MR) is 75.8 cm³/mol. The number of esters is 1. The zero-order chi connectivity index (χ0) is 14.5. The quantitative estimate of drug-likeness (QED) is 0.794. The van der Waals surface area contributed by atoms with E-state index in [0.717, 1.165) is 11.3 Å². The maximum atomic E-state index is 12.6. The van der Waals surface area contributed by atoms with Gasteiger partial charge in [-0.15, -0.1) is 0 Å². The minimum Gasteiger partial charge on any atom is -0.468 e. The molecule has 1 saturated carbocycles. The van der Waals surface area contributed by atoms with Crippen molar-refractivity contribution in [3.05, 3.63) is 29.3 Å². The SMILES string of the molecule is COC(=O)CN1C(=O)C(C)(C)c2cc(C3CC3)ccc21. The van der Waals surface area contributed by atoms with E-state index in [1.807, 2.05) is 19.9 Å². The average molecular weight is 273 g/mol. The van der Waals surface area contributed by atoms with Crippen molar-refractivity contribution >= 4 is 17.6 Å². The van der Waals surface area contributed by atoms with Crippen LogP contribution in [0.25, 0.3) is 0 Å². The Labute approximate surface area is 118 Å². The first-order valence-electron chi connectivity index (χ1n) is 6.98. The largest absolute Gasteiger partial charge is 0.468 e. The average Bonchev–Trinajstić information content (AvgIpc) is 3.25. The third-order valence-electron chi connectivity index (χ3n) is 4.33. The first kappa shape index (κ1) is 13.2. The van der Waals surface area contributed by atoms with Crippen LogP contribution in [0.2, 0.25) is 0 Å². The molecule has 0 atom stereocenters. The smallest absolute Gasteiger partial charge is 0.325 e. The third-order valence-corrected chi connectivity index (χ3v) is 4.33. The number of hydrogen-bond donors (Lipinski definition) is 0. The van der Waals surface area contributed by atoms with E-state index in [1.54, 1.807) is 0 Å². The maximum Gasteiger partial charge on any atom is 0.325 e. The molecule has 1 aromatic carbocycles. The highest BCUT2D eigenvalue weighted by Gasteiger charge is 2.45. The topological polar surface area (TPSA) is 46.6 Å². The number of amides is 1. The van der Waals surface area contributed by atoms with Crippen LogP contribution in [0.4, 0.5) is 5.69 Å². The molecule has 1 aliphatic heterocycles. The number of hydrogen-bond acceptors (Lipinski definition) is 3. The second-order valence-electron chi connectivity index (χ2n) is 6.14. The number of carbonyl (C=O) groups is 2. The van der Waals surface area contributed by atoms with Crippen LogP contribution < -0.4 is 4.90 Å². The second kappa shape index (κ2) is 4.33. The van der Waals surface area contributed by atoms with Crippen molar-refractivity contribution in [2.45, 2.75) is 38.0 Å². The molecule has 0 N–H and O–H groups in total. The van der Waals surface area contributed by atoms with Crippen molar-refractivity contribution in [3.8, 4) is 0 Å². The first-order chi connectivity index (χ1) is 9.45. The summed E-state index contributed by atoms with van der Waals surface area (Å²) in [6.45, 7) is 3.82. The summed E-state index contributed by atoms with van der Waals surface area (Å²) in [5.41, 5.74) is 2.60. The Morgan fingerprint density at radius 2 is 2.10 bits per heavy atom. The van der Waals surface area contributed by atoms with Gasteiger partial charge >= 0.3 is 5.97 Å². The Morgan fingerprint density at radius 3 is 2.70 bits per heavy atom. The van der Waals surface area contributed by atoms with Gasteiger partial charge in [-0.3, -0.25) is 9.59 Å². The lowest BCUT2D eigenvalue weighted by Gasteiger charge is -2.19. The van der Waals surface area contributed by atoms with Gasteiger partial charge in [-0.25, -0.2) is 0 Å². The van der Waals surface area contributed by atoms with E-state index in [-0.39, 0.29) is 12.5 Å². The van der Waals surface area contributed by atoms with Gasteiger partial charge in [-0.05, 0) is 49.8 Å². The molecule has 1 heterocycles. The fourth-order valence-electron chi connectivity index (χ4n) is 2.87. The highest BCUT2D eigenvalue weighted by Crippen LogP contribution is 2.46. The normalized spacial score (nSPS) is 19.9. The van der Waals surface area contributed by atoms with Crippen LogP contribution in [-0.2, 0) is 19.7 Å². The summed E-state index contributed by atoms with van der Waals surface area (Å²) >= 11 is 0. The Bertz CT molecular complexity index is 587. The van der Waals surface area contributed by atoms with Gasteiger partial charge in [0.25, 0.3) is 0 Å². The lowest BCUT2D eigenvalue weighted by atomic mass is 9.85. The number of benzene rings is 1. The van der Waals surface area contributed by atoms with Crippen LogP contribution in [0.5, 0.6) is 0 Å². The van der Waals surface area contributed by atoms with Crippen molar-refractivity contribution in [1.82, 2.24) is 0 Å². The van der Waals surface area contributed by atoms with Gasteiger partial charge in [0, 0.05) is 5.69 Å². The molecule has 0 spiro atoms. The fraction of sp³-hybridized carbons (Fsp3) is 0.500. The number of fused-ring (bicyclic) bond motifs is 1. The predicted octanol–water partition coefficient (Wildman–Crippen LogP) is 2.36. The van der Waals surface area contributed by atoms with Crippen molar-refractivity contribution in [1.29, 1.82) is 0 Å². The lowest BCUT2D eigenvalue weighted by Crippen LogP contribution is -2.39. The molecule has 4 nitrogen and oxygen atoms in total. The molecule has 3 rings (SSSR count). The molecule has 0 bridgehead atoms. The number of anilines is 1. The minimum atomic E-state index is -0.575. The van der Waals surface area contributed by atoms with Crippen LogP contribution in [-0.4, -0.2) is 25.5 Å². The summed E-state index contributed by atoms with van der Waals surface area (Å²) in [5.74, 6) is 0.222. The standard InChI is InChI=1S/C16H19NO3/c1-16(2)12-8-11(10-4-5-10)6-7-13(12)17(15(16)19)9-14(18)20-3/h6-8,10H,4-5,9H2,1-3H3. The summed E-state index contributed by atoms with van der Waals surface area (Å²) in [6, 6.07) is 6.19. The molecule has 1 fully saturated rings. The van der Waals surface area contributed by atoms with E-state index < -0.39 is 11.4 Å². The number of ether oxygens (including phenoxy) is 1. The molecule has 4 heteroatoms. The van der Waals surface area contributed by atoms with Crippen LogP contribution >= 0.6 is 0 Å². The Morgan fingerprint density at radius 1 is 1.40 bits per heavy atom. The molecule has 20 heavy (non-hydrogen) atoms. The Kier molecular flexibility index (Phi) is 2.85. The molecule has 1 amide bonds.